The lowest BCUT2D eigenvalue weighted by molar-refractivity contribution is 0.433. The minimum atomic E-state index is -0.553. The maximum Gasteiger partial charge on any atom is 0.132 e. The quantitative estimate of drug-likeness (QED) is 0.381. The van der Waals surface area contributed by atoms with Crippen LogP contribution in [-0.2, 0) is 5.41 Å². The SMILES string of the molecule is C1=CC(C2(c3ccncc3)c3ccccc3Oc3ccc(C4=Nc5ccccc5NC4)cc32)=CCN1. The number of pyridine rings is 1. The highest BCUT2D eigenvalue weighted by atomic mass is 16.5. The van der Waals surface area contributed by atoms with Gasteiger partial charge >= 0.3 is 0 Å². The van der Waals surface area contributed by atoms with Gasteiger partial charge in [0.05, 0.1) is 29.0 Å². The fourth-order valence-electron chi connectivity index (χ4n) is 5.59. The lowest BCUT2D eigenvalue weighted by Gasteiger charge is -2.42. The van der Waals surface area contributed by atoms with Gasteiger partial charge < -0.3 is 15.4 Å². The Morgan fingerprint density at radius 2 is 1.67 bits per heavy atom. The number of anilines is 1. The van der Waals surface area contributed by atoms with Crippen molar-refractivity contribution in [2.24, 2.45) is 4.99 Å². The number of aromatic nitrogens is 1. The molecular weight excluding hydrogens is 444 g/mol. The fourth-order valence-corrected chi connectivity index (χ4v) is 5.59. The number of aliphatic imine (C=N–C) groups is 1. The number of benzene rings is 3. The molecule has 0 saturated carbocycles. The van der Waals surface area contributed by atoms with Gasteiger partial charge in [-0.3, -0.25) is 4.98 Å². The predicted molar refractivity (Wildman–Crippen MR) is 143 cm³/mol. The Labute approximate surface area is 209 Å². The van der Waals surface area contributed by atoms with E-state index in [1.807, 2.05) is 42.9 Å². The maximum atomic E-state index is 6.51. The van der Waals surface area contributed by atoms with Crippen LogP contribution in [0.1, 0.15) is 22.3 Å². The standard InChI is InChI=1S/C31H24N4O/c1-4-8-29-24(5-1)31(22-11-15-32-16-12-22,23-13-17-33-18-14-23)25-19-21(9-10-30(25)36-29)28-20-34-26-6-2-3-7-27(26)35-28/h1-17,19,33-34H,18,20H2. The van der Waals surface area contributed by atoms with Crippen molar-refractivity contribution < 1.29 is 4.74 Å². The highest BCUT2D eigenvalue weighted by molar-refractivity contribution is 6.07. The van der Waals surface area contributed by atoms with E-state index in [0.717, 1.165) is 57.4 Å². The number of nitrogens with zero attached hydrogens (tertiary/aromatic N) is 2. The minimum Gasteiger partial charge on any atom is -0.457 e. The molecule has 4 heterocycles. The van der Waals surface area contributed by atoms with Crippen LogP contribution in [-0.4, -0.2) is 23.8 Å². The zero-order valence-electron chi connectivity index (χ0n) is 19.6. The van der Waals surface area contributed by atoms with E-state index in [2.05, 4.69) is 82.4 Å². The molecule has 0 amide bonds. The van der Waals surface area contributed by atoms with Crippen LogP contribution in [0.2, 0.25) is 0 Å². The molecule has 4 aromatic rings. The van der Waals surface area contributed by atoms with Crippen LogP contribution in [0.5, 0.6) is 11.5 Å². The first-order chi connectivity index (χ1) is 17.8. The summed E-state index contributed by atoms with van der Waals surface area (Å²) in [6, 6.07) is 27.2. The molecule has 0 aliphatic carbocycles. The molecule has 5 heteroatoms. The molecule has 7 rings (SSSR count). The molecule has 174 valence electrons. The van der Waals surface area contributed by atoms with Crippen LogP contribution in [0.3, 0.4) is 0 Å². The second kappa shape index (κ2) is 8.24. The van der Waals surface area contributed by atoms with Crippen LogP contribution < -0.4 is 15.4 Å². The third kappa shape index (κ3) is 3.09. The number of dihydropyridines is 1. The second-order valence-electron chi connectivity index (χ2n) is 9.13. The van der Waals surface area contributed by atoms with Gasteiger partial charge in [0.1, 0.15) is 11.5 Å². The molecule has 2 N–H and O–H groups in total. The van der Waals surface area contributed by atoms with E-state index in [1.165, 1.54) is 5.57 Å². The monoisotopic (exact) mass is 468 g/mol. The summed E-state index contributed by atoms with van der Waals surface area (Å²) in [6.45, 7) is 1.44. The molecular formula is C31H24N4O. The summed E-state index contributed by atoms with van der Waals surface area (Å²) >= 11 is 0. The molecule has 0 radical (unpaired) electrons. The van der Waals surface area contributed by atoms with E-state index in [-0.39, 0.29) is 0 Å². The Bertz CT molecular complexity index is 1570. The van der Waals surface area contributed by atoms with Crippen LogP contribution in [0.4, 0.5) is 11.4 Å². The Morgan fingerprint density at radius 1 is 0.833 bits per heavy atom. The van der Waals surface area contributed by atoms with Crippen molar-refractivity contribution in [3.63, 3.8) is 0 Å². The van der Waals surface area contributed by atoms with E-state index in [0.29, 0.717) is 6.54 Å². The van der Waals surface area contributed by atoms with Gasteiger partial charge in [-0.1, -0.05) is 36.4 Å². The summed E-state index contributed by atoms with van der Waals surface area (Å²) < 4.78 is 6.51. The Kier molecular flexibility index (Phi) is 4.74. The first-order valence-electron chi connectivity index (χ1n) is 12.2. The van der Waals surface area contributed by atoms with Crippen molar-refractivity contribution in [3.8, 4) is 11.5 Å². The molecule has 0 fully saturated rings. The number of hydrogen-bond donors (Lipinski definition) is 2. The van der Waals surface area contributed by atoms with Gasteiger partial charge in [-0.2, -0.15) is 0 Å². The minimum absolute atomic E-state index is 0.553. The molecule has 0 bridgehead atoms. The number of ether oxygens (including phenoxy) is 1. The summed E-state index contributed by atoms with van der Waals surface area (Å²) in [4.78, 5) is 9.34. The highest BCUT2D eigenvalue weighted by Gasteiger charge is 2.46. The molecule has 3 aliphatic heterocycles. The second-order valence-corrected chi connectivity index (χ2v) is 9.13. The molecule has 36 heavy (non-hydrogen) atoms. The zero-order chi connectivity index (χ0) is 24.0. The highest BCUT2D eigenvalue weighted by Crippen LogP contribution is 2.56. The van der Waals surface area contributed by atoms with Gasteiger partial charge in [0.25, 0.3) is 0 Å². The number of rotatable bonds is 3. The fraction of sp³-hybridized carbons (Fsp3) is 0.0968. The summed E-state index contributed by atoms with van der Waals surface area (Å²) in [5, 5.41) is 6.84. The van der Waals surface area contributed by atoms with Crippen molar-refractivity contribution in [3.05, 3.63) is 137 Å². The van der Waals surface area contributed by atoms with Gasteiger partial charge in [-0.05, 0) is 77.5 Å². The molecule has 3 aliphatic rings. The first-order valence-corrected chi connectivity index (χ1v) is 12.2. The molecule has 0 spiro atoms. The Morgan fingerprint density at radius 3 is 2.56 bits per heavy atom. The van der Waals surface area contributed by atoms with Crippen molar-refractivity contribution >= 4 is 17.1 Å². The Balaban J connectivity index is 1.51. The molecule has 5 nitrogen and oxygen atoms in total. The lowest BCUT2D eigenvalue weighted by atomic mass is 9.62. The number of allylic oxidation sites excluding steroid dienone is 2. The average Bonchev–Trinajstić information content (AvgIpc) is 2.96. The summed E-state index contributed by atoms with van der Waals surface area (Å²) in [7, 11) is 0. The van der Waals surface area contributed by atoms with Crippen LogP contribution in [0.25, 0.3) is 0 Å². The zero-order valence-corrected chi connectivity index (χ0v) is 19.6. The van der Waals surface area contributed by atoms with E-state index in [1.54, 1.807) is 0 Å². The average molecular weight is 469 g/mol. The van der Waals surface area contributed by atoms with Gasteiger partial charge in [0.15, 0.2) is 0 Å². The largest absolute Gasteiger partial charge is 0.457 e. The summed E-state index contributed by atoms with van der Waals surface area (Å²) in [5.74, 6) is 1.72. The van der Waals surface area contributed by atoms with Crippen LogP contribution in [0, 0.1) is 0 Å². The van der Waals surface area contributed by atoms with Gasteiger partial charge in [-0.15, -0.1) is 0 Å². The number of nitrogens with one attached hydrogen (secondary N) is 2. The molecule has 3 aromatic carbocycles. The summed E-state index contributed by atoms with van der Waals surface area (Å²) in [6.07, 6.45) is 10.2. The van der Waals surface area contributed by atoms with E-state index < -0.39 is 5.41 Å². The lowest BCUT2D eigenvalue weighted by Crippen LogP contribution is -2.36. The van der Waals surface area contributed by atoms with E-state index in [9.17, 15) is 0 Å². The summed E-state index contributed by atoms with van der Waals surface area (Å²) in [5.41, 5.74) is 8.13. The van der Waals surface area contributed by atoms with Crippen molar-refractivity contribution in [2.75, 3.05) is 18.4 Å². The van der Waals surface area contributed by atoms with Gasteiger partial charge in [0.2, 0.25) is 0 Å². The predicted octanol–water partition coefficient (Wildman–Crippen LogP) is 6.11. The van der Waals surface area contributed by atoms with Gasteiger partial charge in [0, 0.05) is 30.1 Å². The van der Waals surface area contributed by atoms with Crippen molar-refractivity contribution in [1.29, 1.82) is 0 Å². The third-order valence-corrected chi connectivity index (χ3v) is 7.20. The van der Waals surface area contributed by atoms with Crippen LogP contribution in [0.15, 0.2) is 120 Å². The molecule has 1 aromatic heterocycles. The molecule has 1 unspecified atom stereocenters. The smallest absolute Gasteiger partial charge is 0.132 e. The first kappa shape index (κ1) is 20.7. The normalized spacial score (nSPS) is 19.3. The topological polar surface area (TPSA) is 58.5 Å². The number of para-hydroxylation sites is 3. The Hall–Kier alpha value is -4.64. The molecule has 1 atom stereocenters. The maximum absolute atomic E-state index is 6.51. The van der Waals surface area contributed by atoms with Crippen LogP contribution >= 0.6 is 0 Å². The van der Waals surface area contributed by atoms with Crippen molar-refractivity contribution in [1.82, 2.24) is 10.3 Å². The third-order valence-electron chi connectivity index (χ3n) is 7.20. The molecule has 0 saturated heterocycles. The van der Waals surface area contributed by atoms with Gasteiger partial charge in [-0.25, -0.2) is 4.99 Å². The van der Waals surface area contributed by atoms with E-state index in [4.69, 9.17) is 9.73 Å². The number of fused-ring (bicyclic) bond motifs is 3. The van der Waals surface area contributed by atoms with E-state index >= 15 is 0 Å². The van der Waals surface area contributed by atoms with Crippen molar-refractivity contribution in [2.45, 2.75) is 5.41 Å². The number of hydrogen-bond acceptors (Lipinski definition) is 5.